The maximum Gasteiger partial charge on any atom is 0.304 e. The van der Waals surface area contributed by atoms with Gasteiger partial charge in [0.1, 0.15) is 0 Å². The second kappa shape index (κ2) is 5.65. The Morgan fingerprint density at radius 3 is 2.71 bits per heavy atom. The smallest absolute Gasteiger partial charge is 0.304 e. The highest BCUT2D eigenvalue weighted by Crippen LogP contribution is 2.26. The number of pyridine rings is 1. The lowest BCUT2D eigenvalue weighted by Crippen LogP contribution is -2.08. The summed E-state index contributed by atoms with van der Waals surface area (Å²) in [6.45, 7) is 2.00. The number of hydrogen-bond donors (Lipinski definition) is 1. The first-order chi connectivity index (χ1) is 6.72. The fraction of sp³-hybridized carbons (Fsp3) is 0.400. The van der Waals surface area contributed by atoms with Gasteiger partial charge in [0.2, 0.25) is 0 Å². The average Bonchev–Trinajstić information content (AvgIpc) is 2.17. The number of aliphatic carboxylic acids is 1. The zero-order valence-electron chi connectivity index (χ0n) is 8.01. The third-order valence-corrected chi connectivity index (χ3v) is 3.19. The van der Waals surface area contributed by atoms with Gasteiger partial charge in [-0.15, -0.1) is 11.8 Å². The number of hydrogen-bond acceptors (Lipinski definition) is 3. The Balaban J connectivity index is 2.53. The number of aromatic nitrogens is 1. The highest BCUT2D eigenvalue weighted by Gasteiger charge is 2.12. The molecule has 0 aromatic carbocycles. The predicted octanol–water partition coefficient (Wildman–Crippen LogP) is 2.43. The van der Waals surface area contributed by atoms with E-state index in [-0.39, 0.29) is 11.7 Å². The van der Waals surface area contributed by atoms with Crippen LogP contribution in [0.1, 0.15) is 19.8 Å². The molecule has 1 aromatic heterocycles. The van der Waals surface area contributed by atoms with Gasteiger partial charge in [-0.05, 0) is 18.6 Å². The summed E-state index contributed by atoms with van der Waals surface area (Å²) in [5, 5.41) is 8.82. The number of rotatable bonds is 5. The highest BCUT2D eigenvalue weighted by molar-refractivity contribution is 8.00. The number of nitrogens with zero attached hydrogens (tertiary/aromatic N) is 1. The van der Waals surface area contributed by atoms with E-state index in [1.54, 1.807) is 24.2 Å². The van der Waals surface area contributed by atoms with Gasteiger partial charge in [0.15, 0.2) is 0 Å². The van der Waals surface area contributed by atoms with Gasteiger partial charge in [-0.25, -0.2) is 0 Å². The molecule has 1 N–H and O–H groups in total. The second-order valence-electron chi connectivity index (χ2n) is 2.93. The van der Waals surface area contributed by atoms with Gasteiger partial charge in [-0.2, -0.15) is 0 Å². The second-order valence-corrected chi connectivity index (χ2v) is 4.30. The van der Waals surface area contributed by atoms with E-state index < -0.39 is 5.97 Å². The summed E-state index contributed by atoms with van der Waals surface area (Å²) >= 11 is 1.60. The Kier molecular flexibility index (Phi) is 4.46. The lowest BCUT2D eigenvalue weighted by molar-refractivity contribution is -0.136. The quantitative estimate of drug-likeness (QED) is 0.760. The zero-order chi connectivity index (χ0) is 10.4. The Bertz CT molecular complexity index is 289. The largest absolute Gasteiger partial charge is 0.481 e. The van der Waals surface area contributed by atoms with E-state index in [1.807, 2.05) is 19.1 Å². The van der Waals surface area contributed by atoms with E-state index >= 15 is 0 Å². The van der Waals surface area contributed by atoms with E-state index in [0.29, 0.717) is 0 Å². The molecule has 1 unspecified atom stereocenters. The predicted molar refractivity (Wildman–Crippen MR) is 56.4 cm³/mol. The minimum atomic E-state index is -0.738. The van der Waals surface area contributed by atoms with Crippen molar-refractivity contribution in [2.45, 2.75) is 29.9 Å². The molecule has 0 fully saturated rings. The molecule has 0 aliphatic carbocycles. The minimum Gasteiger partial charge on any atom is -0.481 e. The molecule has 0 radical (unpaired) electrons. The maximum atomic E-state index is 10.5. The lowest BCUT2D eigenvalue weighted by atomic mass is 10.2. The van der Waals surface area contributed by atoms with Crippen molar-refractivity contribution in [1.82, 2.24) is 4.98 Å². The van der Waals surface area contributed by atoms with Gasteiger partial charge in [0, 0.05) is 22.5 Å². The first kappa shape index (κ1) is 11.0. The van der Waals surface area contributed by atoms with E-state index in [4.69, 9.17) is 5.11 Å². The van der Waals surface area contributed by atoms with Gasteiger partial charge < -0.3 is 5.11 Å². The van der Waals surface area contributed by atoms with Gasteiger partial charge in [-0.3, -0.25) is 9.78 Å². The Hall–Kier alpha value is -1.03. The summed E-state index contributed by atoms with van der Waals surface area (Å²) < 4.78 is 0. The van der Waals surface area contributed by atoms with Crippen LogP contribution in [0.15, 0.2) is 29.4 Å². The fourth-order valence-corrected chi connectivity index (χ4v) is 2.13. The maximum absolute atomic E-state index is 10.5. The van der Waals surface area contributed by atoms with Gasteiger partial charge in [0.25, 0.3) is 0 Å². The van der Waals surface area contributed by atoms with Gasteiger partial charge in [-0.1, -0.05) is 6.92 Å². The minimum absolute atomic E-state index is 0.148. The highest BCUT2D eigenvalue weighted by atomic mass is 32.2. The van der Waals surface area contributed by atoms with E-state index in [0.717, 1.165) is 11.3 Å². The first-order valence-corrected chi connectivity index (χ1v) is 5.38. The topological polar surface area (TPSA) is 50.2 Å². The van der Waals surface area contributed by atoms with Gasteiger partial charge in [0.05, 0.1) is 6.42 Å². The summed E-state index contributed by atoms with van der Waals surface area (Å²) in [5.41, 5.74) is 0. The van der Waals surface area contributed by atoms with Crippen molar-refractivity contribution in [3.05, 3.63) is 24.5 Å². The number of thioether (sulfide) groups is 1. The Labute approximate surface area is 87.6 Å². The molecular formula is C10H13NO2S. The number of carboxylic acids is 1. The van der Waals surface area contributed by atoms with Crippen LogP contribution in [0.3, 0.4) is 0 Å². The molecule has 0 aliphatic heterocycles. The summed E-state index contributed by atoms with van der Waals surface area (Å²) in [6, 6.07) is 3.80. The third kappa shape index (κ3) is 3.79. The molecule has 1 aromatic rings. The molecule has 4 heteroatoms. The number of carbonyl (C=O) groups is 1. The monoisotopic (exact) mass is 211 g/mol. The summed E-state index contributed by atoms with van der Waals surface area (Å²) in [4.78, 5) is 15.5. The third-order valence-electron chi connectivity index (χ3n) is 1.81. The van der Waals surface area contributed by atoms with E-state index in [2.05, 4.69) is 4.98 Å². The van der Waals surface area contributed by atoms with Crippen LogP contribution < -0.4 is 0 Å². The van der Waals surface area contributed by atoms with Crippen molar-refractivity contribution >= 4 is 17.7 Å². The van der Waals surface area contributed by atoms with Crippen molar-refractivity contribution in [3.63, 3.8) is 0 Å². The lowest BCUT2D eigenvalue weighted by Gasteiger charge is -2.11. The fourth-order valence-electron chi connectivity index (χ4n) is 1.07. The van der Waals surface area contributed by atoms with Crippen LogP contribution in [0.4, 0.5) is 0 Å². The van der Waals surface area contributed by atoms with Crippen molar-refractivity contribution in [1.29, 1.82) is 0 Å². The van der Waals surface area contributed by atoms with Crippen LogP contribution in [0, 0.1) is 0 Å². The van der Waals surface area contributed by atoms with Gasteiger partial charge >= 0.3 is 5.97 Å². The summed E-state index contributed by atoms with van der Waals surface area (Å²) in [7, 11) is 0. The van der Waals surface area contributed by atoms with Crippen molar-refractivity contribution in [2.24, 2.45) is 0 Å². The van der Waals surface area contributed by atoms with Crippen LogP contribution in [-0.4, -0.2) is 21.3 Å². The Morgan fingerprint density at radius 1 is 1.57 bits per heavy atom. The molecule has 1 atom stereocenters. The molecule has 0 spiro atoms. The molecule has 76 valence electrons. The normalized spacial score (nSPS) is 12.4. The van der Waals surface area contributed by atoms with Crippen LogP contribution in [0.25, 0.3) is 0 Å². The Morgan fingerprint density at radius 2 is 2.21 bits per heavy atom. The molecule has 0 bridgehead atoms. The molecule has 1 heterocycles. The molecule has 0 saturated carbocycles. The summed E-state index contributed by atoms with van der Waals surface area (Å²) in [6.07, 6.45) is 4.51. The van der Waals surface area contributed by atoms with Crippen molar-refractivity contribution in [2.75, 3.05) is 0 Å². The molecular weight excluding hydrogens is 198 g/mol. The van der Waals surface area contributed by atoms with Crippen molar-refractivity contribution in [3.8, 4) is 0 Å². The van der Waals surface area contributed by atoms with Crippen LogP contribution in [-0.2, 0) is 4.79 Å². The van der Waals surface area contributed by atoms with Crippen LogP contribution in [0.2, 0.25) is 0 Å². The first-order valence-electron chi connectivity index (χ1n) is 4.51. The average molecular weight is 211 g/mol. The molecule has 14 heavy (non-hydrogen) atoms. The molecule has 0 aliphatic rings. The van der Waals surface area contributed by atoms with E-state index in [9.17, 15) is 4.79 Å². The molecule has 1 rings (SSSR count). The summed E-state index contributed by atoms with van der Waals surface area (Å²) in [5.74, 6) is -0.738. The van der Waals surface area contributed by atoms with Crippen molar-refractivity contribution < 1.29 is 9.90 Å². The zero-order valence-corrected chi connectivity index (χ0v) is 8.83. The van der Waals surface area contributed by atoms with Crippen LogP contribution in [0.5, 0.6) is 0 Å². The van der Waals surface area contributed by atoms with Crippen LogP contribution >= 0.6 is 11.8 Å². The SMILES string of the molecule is CCC(CC(=O)O)Sc1ccncc1. The van der Waals surface area contributed by atoms with E-state index in [1.165, 1.54) is 0 Å². The number of carboxylic acid groups (broad SMARTS) is 1. The molecule has 0 amide bonds. The molecule has 0 saturated heterocycles. The standard InChI is InChI=1S/C10H13NO2S/c1-2-8(7-10(12)13)14-9-3-5-11-6-4-9/h3-6,8H,2,7H2,1H3,(H,12,13). The molecule has 3 nitrogen and oxygen atoms in total.